The lowest BCUT2D eigenvalue weighted by atomic mass is 9.72. The van der Waals surface area contributed by atoms with Gasteiger partial charge in [0.1, 0.15) is 5.52 Å². The predicted octanol–water partition coefficient (Wildman–Crippen LogP) is 3.41. The third-order valence-corrected chi connectivity index (χ3v) is 5.01. The molecule has 0 aromatic carbocycles. The van der Waals surface area contributed by atoms with Gasteiger partial charge in [-0.1, -0.05) is 11.6 Å². The Hall–Kier alpha value is -1.40. The van der Waals surface area contributed by atoms with Crippen LogP contribution >= 0.6 is 23.2 Å². The number of nitrogens with zero attached hydrogens (tertiary/aromatic N) is 4. The summed E-state index contributed by atoms with van der Waals surface area (Å²) in [4.78, 5) is 23.5. The summed E-state index contributed by atoms with van der Waals surface area (Å²) in [6.07, 6.45) is 4.81. The van der Waals surface area contributed by atoms with Gasteiger partial charge < -0.3 is 9.67 Å². The summed E-state index contributed by atoms with van der Waals surface area (Å²) in [7, 11) is 0. The molecule has 0 unspecified atom stereocenters. The number of aromatic nitrogens is 4. The molecular formula is C14H16Cl2N4O2. The van der Waals surface area contributed by atoms with Crippen molar-refractivity contribution in [3.63, 3.8) is 0 Å². The Morgan fingerprint density at radius 1 is 1.41 bits per heavy atom. The van der Waals surface area contributed by atoms with Crippen LogP contribution in [0.1, 0.15) is 32.6 Å². The van der Waals surface area contributed by atoms with Gasteiger partial charge in [-0.2, -0.15) is 4.98 Å². The van der Waals surface area contributed by atoms with Gasteiger partial charge in [0.15, 0.2) is 10.8 Å². The summed E-state index contributed by atoms with van der Waals surface area (Å²) in [6, 6.07) is 0. The molecule has 0 bridgehead atoms. The zero-order valence-electron chi connectivity index (χ0n) is 12.1. The van der Waals surface area contributed by atoms with Crippen LogP contribution in [0.4, 0.5) is 0 Å². The van der Waals surface area contributed by atoms with Gasteiger partial charge in [-0.15, -0.1) is 0 Å². The Labute approximate surface area is 137 Å². The van der Waals surface area contributed by atoms with Crippen molar-refractivity contribution < 1.29 is 9.90 Å². The van der Waals surface area contributed by atoms with E-state index >= 15 is 0 Å². The van der Waals surface area contributed by atoms with Gasteiger partial charge in [-0.25, -0.2) is 9.97 Å². The fourth-order valence-electron chi connectivity index (χ4n) is 3.04. The van der Waals surface area contributed by atoms with Crippen LogP contribution in [0.3, 0.4) is 0 Å². The average molecular weight is 343 g/mol. The van der Waals surface area contributed by atoms with Gasteiger partial charge in [0.05, 0.1) is 11.7 Å². The van der Waals surface area contributed by atoms with E-state index in [0.29, 0.717) is 35.1 Å². The Bertz CT molecular complexity index is 723. The zero-order valence-corrected chi connectivity index (χ0v) is 13.6. The molecular weight excluding hydrogens is 327 g/mol. The van der Waals surface area contributed by atoms with E-state index in [1.54, 1.807) is 6.33 Å². The molecule has 1 saturated carbocycles. The Kier molecular flexibility index (Phi) is 3.99. The van der Waals surface area contributed by atoms with Crippen LogP contribution in [-0.4, -0.2) is 30.6 Å². The van der Waals surface area contributed by atoms with Crippen LogP contribution in [0.25, 0.3) is 11.2 Å². The van der Waals surface area contributed by atoms with Crippen molar-refractivity contribution in [1.82, 2.24) is 19.5 Å². The topological polar surface area (TPSA) is 80.9 Å². The zero-order chi connectivity index (χ0) is 15.9. The highest BCUT2D eigenvalue weighted by molar-refractivity contribution is 6.35. The van der Waals surface area contributed by atoms with Crippen molar-refractivity contribution in [2.45, 2.75) is 39.2 Å². The quantitative estimate of drug-likeness (QED) is 0.682. The van der Waals surface area contributed by atoms with E-state index in [0.717, 1.165) is 19.4 Å². The van der Waals surface area contributed by atoms with E-state index in [9.17, 15) is 9.90 Å². The predicted molar refractivity (Wildman–Crippen MR) is 83.0 cm³/mol. The fourth-order valence-corrected chi connectivity index (χ4v) is 3.52. The highest BCUT2D eigenvalue weighted by Gasteiger charge is 2.37. The summed E-state index contributed by atoms with van der Waals surface area (Å²) < 4.78 is 1.93. The normalized spacial score (nSPS) is 25.5. The molecule has 22 heavy (non-hydrogen) atoms. The van der Waals surface area contributed by atoms with Crippen LogP contribution in [0.5, 0.6) is 0 Å². The molecule has 1 aliphatic carbocycles. The molecule has 1 fully saturated rings. The first-order valence-corrected chi connectivity index (χ1v) is 7.92. The molecule has 0 atom stereocenters. The van der Waals surface area contributed by atoms with Gasteiger partial charge >= 0.3 is 5.97 Å². The number of carbonyl (C=O) groups is 1. The van der Waals surface area contributed by atoms with Gasteiger partial charge in [0.25, 0.3) is 0 Å². The smallest absolute Gasteiger partial charge is 0.309 e. The summed E-state index contributed by atoms with van der Waals surface area (Å²) in [6.45, 7) is 2.56. The molecule has 2 heterocycles. The molecule has 6 nitrogen and oxygen atoms in total. The number of imidazole rings is 1. The van der Waals surface area contributed by atoms with E-state index in [1.165, 1.54) is 0 Å². The minimum absolute atomic E-state index is 0.0811. The maximum Gasteiger partial charge on any atom is 0.309 e. The second-order valence-corrected chi connectivity index (χ2v) is 6.86. The third kappa shape index (κ3) is 2.77. The SMILES string of the molecule is C[C@]1(C(=O)O)CC[C@H](Cn2cnc3nc(Cl)nc(Cl)c32)CC1. The lowest BCUT2D eigenvalue weighted by molar-refractivity contribution is -0.150. The second-order valence-electron chi connectivity index (χ2n) is 6.16. The molecule has 2 aromatic rings. The molecule has 0 amide bonds. The number of hydrogen-bond donors (Lipinski definition) is 1. The number of halogens is 2. The molecule has 0 aliphatic heterocycles. The summed E-state index contributed by atoms with van der Waals surface area (Å²) in [5.41, 5.74) is 0.565. The minimum atomic E-state index is -0.704. The van der Waals surface area contributed by atoms with E-state index < -0.39 is 11.4 Å². The molecule has 118 valence electrons. The number of carboxylic acid groups (broad SMARTS) is 1. The van der Waals surface area contributed by atoms with Crippen molar-refractivity contribution in [2.75, 3.05) is 0 Å². The van der Waals surface area contributed by atoms with Crippen molar-refractivity contribution in [3.8, 4) is 0 Å². The largest absolute Gasteiger partial charge is 0.481 e. The average Bonchev–Trinajstić information content (AvgIpc) is 2.84. The highest BCUT2D eigenvalue weighted by Crippen LogP contribution is 2.39. The van der Waals surface area contributed by atoms with Crippen molar-refractivity contribution in [1.29, 1.82) is 0 Å². The summed E-state index contributed by atoms with van der Waals surface area (Å²) >= 11 is 11.9. The van der Waals surface area contributed by atoms with Crippen molar-refractivity contribution in [3.05, 3.63) is 16.8 Å². The molecule has 0 saturated heterocycles. The van der Waals surface area contributed by atoms with E-state index in [2.05, 4.69) is 15.0 Å². The minimum Gasteiger partial charge on any atom is -0.481 e. The fraction of sp³-hybridized carbons (Fsp3) is 0.571. The standard InChI is InChI=1S/C14H16Cl2N4O2/c1-14(12(21)22)4-2-8(3-5-14)6-20-7-17-11-9(20)10(15)18-13(16)19-11/h7-8H,2-6H2,1H3,(H,21,22)/t8-,14-. The van der Waals surface area contributed by atoms with E-state index in [-0.39, 0.29) is 5.28 Å². The number of rotatable bonds is 3. The maximum absolute atomic E-state index is 11.3. The first-order valence-electron chi connectivity index (χ1n) is 7.16. The van der Waals surface area contributed by atoms with Crippen LogP contribution in [0.15, 0.2) is 6.33 Å². The molecule has 8 heteroatoms. The summed E-state index contributed by atoms with van der Waals surface area (Å²) in [5.74, 6) is -0.304. The number of aliphatic carboxylic acids is 1. The molecule has 1 aliphatic rings. The van der Waals surface area contributed by atoms with Crippen molar-refractivity contribution >= 4 is 40.3 Å². The van der Waals surface area contributed by atoms with Gasteiger partial charge in [-0.3, -0.25) is 4.79 Å². The van der Waals surface area contributed by atoms with Crippen molar-refractivity contribution in [2.24, 2.45) is 11.3 Å². The molecule has 0 radical (unpaired) electrons. The van der Waals surface area contributed by atoms with E-state index in [4.69, 9.17) is 23.2 Å². The Morgan fingerprint density at radius 2 is 2.09 bits per heavy atom. The lowest BCUT2D eigenvalue weighted by Crippen LogP contribution is -2.33. The molecule has 3 rings (SSSR count). The number of fused-ring (bicyclic) bond motifs is 1. The first-order chi connectivity index (χ1) is 10.4. The third-order valence-electron chi connectivity index (χ3n) is 4.58. The highest BCUT2D eigenvalue weighted by atomic mass is 35.5. The monoisotopic (exact) mass is 342 g/mol. The summed E-state index contributed by atoms with van der Waals surface area (Å²) in [5, 5.41) is 9.65. The van der Waals surface area contributed by atoms with Crippen LogP contribution in [0.2, 0.25) is 10.4 Å². The molecule has 2 aromatic heterocycles. The maximum atomic E-state index is 11.3. The van der Waals surface area contributed by atoms with Gasteiger partial charge in [-0.05, 0) is 50.1 Å². The van der Waals surface area contributed by atoms with Crippen LogP contribution < -0.4 is 0 Å². The molecule has 0 spiro atoms. The molecule has 1 N–H and O–H groups in total. The van der Waals surface area contributed by atoms with Gasteiger partial charge in [0.2, 0.25) is 5.28 Å². The van der Waals surface area contributed by atoms with Gasteiger partial charge in [0, 0.05) is 6.54 Å². The van der Waals surface area contributed by atoms with Crippen LogP contribution in [0, 0.1) is 11.3 Å². The first kappa shape index (κ1) is 15.5. The second kappa shape index (κ2) is 5.66. The van der Waals surface area contributed by atoms with E-state index in [1.807, 2.05) is 11.5 Å². The van der Waals surface area contributed by atoms with Crippen LogP contribution in [-0.2, 0) is 11.3 Å². The Morgan fingerprint density at radius 3 is 2.73 bits per heavy atom. The number of carboxylic acids is 1. The Balaban J connectivity index is 1.77. The lowest BCUT2D eigenvalue weighted by Gasteiger charge is -2.34. The number of hydrogen-bond acceptors (Lipinski definition) is 4.